The van der Waals surface area contributed by atoms with Gasteiger partial charge in [-0.05, 0) is 26.8 Å². The van der Waals surface area contributed by atoms with Crippen LogP contribution in [0.25, 0.3) is 0 Å². The third-order valence-electron chi connectivity index (χ3n) is 3.86. The van der Waals surface area contributed by atoms with E-state index in [1.807, 2.05) is 0 Å². The Morgan fingerprint density at radius 1 is 1.64 bits per heavy atom. The predicted molar refractivity (Wildman–Crippen MR) is 47.5 cm³/mol. The van der Waals surface area contributed by atoms with Gasteiger partial charge in [0.05, 0.1) is 0 Å². The molecule has 1 aliphatic heterocycles. The normalized spacial score (nSPS) is 49.0. The van der Waals surface area contributed by atoms with Gasteiger partial charge in [0.2, 0.25) is 0 Å². The Labute approximate surface area is 69.1 Å². The average molecular weight is 151 g/mol. The summed E-state index contributed by atoms with van der Waals surface area (Å²) in [6.45, 7) is 4.66. The third-order valence-corrected chi connectivity index (χ3v) is 3.86. The lowest BCUT2D eigenvalue weighted by molar-refractivity contribution is 0.209. The second-order valence-corrected chi connectivity index (χ2v) is 4.06. The van der Waals surface area contributed by atoms with Crippen molar-refractivity contribution in [3.63, 3.8) is 0 Å². The SMILES string of the molecule is CC[C@]12C=C[C@H](C1)N(C)[C@@H]2C. The van der Waals surface area contributed by atoms with Crippen molar-refractivity contribution < 1.29 is 0 Å². The lowest BCUT2D eigenvalue weighted by Gasteiger charge is -2.33. The second kappa shape index (κ2) is 2.10. The highest BCUT2D eigenvalue weighted by molar-refractivity contribution is 5.22. The fourth-order valence-electron chi connectivity index (χ4n) is 2.67. The molecule has 1 saturated heterocycles. The predicted octanol–water partition coefficient (Wildman–Crippen LogP) is 2.05. The Morgan fingerprint density at radius 3 is 2.73 bits per heavy atom. The summed E-state index contributed by atoms with van der Waals surface area (Å²) in [5.41, 5.74) is 0.527. The number of likely N-dealkylation sites (tertiary alicyclic amines) is 1. The standard InChI is InChI=1S/C10H17N/c1-4-10-6-5-9(7-10)11(3)8(10)2/h5-6,8-9H,4,7H2,1-3H3/t8-,9-,10+/m1/s1. The van der Waals surface area contributed by atoms with Crippen LogP contribution in [0, 0.1) is 5.41 Å². The molecule has 0 aromatic heterocycles. The van der Waals surface area contributed by atoms with Crippen molar-refractivity contribution in [1.29, 1.82) is 0 Å². The summed E-state index contributed by atoms with van der Waals surface area (Å²) >= 11 is 0. The minimum atomic E-state index is 0.527. The fourth-order valence-corrected chi connectivity index (χ4v) is 2.67. The number of rotatable bonds is 1. The Kier molecular flexibility index (Phi) is 1.40. The molecule has 0 aromatic carbocycles. The van der Waals surface area contributed by atoms with Crippen LogP contribution in [0.2, 0.25) is 0 Å². The number of likely N-dealkylation sites (N-methyl/N-ethyl adjacent to an activating group) is 1. The Balaban J connectivity index is 2.31. The smallest absolute Gasteiger partial charge is 0.0287 e. The summed E-state index contributed by atoms with van der Waals surface area (Å²) in [7, 11) is 2.25. The quantitative estimate of drug-likeness (QED) is 0.518. The zero-order chi connectivity index (χ0) is 8.06. The van der Waals surface area contributed by atoms with Gasteiger partial charge in [-0.3, -0.25) is 4.90 Å². The minimum Gasteiger partial charge on any atom is -0.296 e. The molecule has 2 rings (SSSR count). The molecule has 0 spiro atoms. The molecule has 11 heavy (non-hydrogen) atoms. The van der Waals surface area contributed by atoms with Gasteiger partial charge in [-0.25, -0.2) is 0 Å². The van der Waals surface area contributed by atoms with Gasteiger partial charge in [-0.1, -0.05) is 19.1 Å². The maximum atomic E-state index is 2.50. The number of nitrogens with zero attached hydrogens (tertiary/aromatic N) is 1. The van der Waals surface area contributed by atoms with Crippen LogP contribution in [-0.4, -0.2) is 24.0 Å². The van der Waals surface area contributed by atoms with Crippen LogP contribution < -0.4 is 0 Å². The van der Waals surface area contributed by atoms with E-state index in [1.165, 1.54) is 12.8 Å². The van der Waals surface area contributed by atoms with Crippen molar-refractivity contribution in [2.24, 2.45) is 5.41 Å². The highest BCUT2D eigenvalue weighted by Crippen LogP contribution is 2.48. The van der Waals surface area contributed by atoms with Crippen molar-refractivity contribution >= 4 is 0 Å². The molecule has 0 saturated carbocycles. The van der Waals surface area contributed by atoms with Crippen molar-refractivity contribution in [3.8, 4) is 0 Å². The van der Waals surface area contributed by atoms with Crippen LogP contribution in [0.4, 0.5) is 0 Å². The topological polar surface area (TPSA) is 3.24 Å². The van der Waals surface area contributed by atoms with Gasteiger partial charge in [0.15, 0.2) is 0 Å². The molecule has 1 heterocycles. The van der Waals surface area contributed by atoms with Crippen LogP contribution in [-0.2, 0) is 0 Å². The van der Waals surface area contributed by atoms with E-state index in [2.05, 4.69) is 37.9 Å². The van der Waals surface area contributed by atoms with Gasteiger partial charge in [-0.15, -0.1) is 0 Å². The molecule has 1 aliphatic carbocycles. The lowest BCUT2D eigenvalue weighted by Crippen LogP contribution is -2.37. The molecule has 2 bridgehead atoms. The number of hydrogen-bond acceptors (Lipinski definition) is 1. The fraction of sp³-hybridized carbons (Fsp3) is 0.800. The summed E-state index contributed by atoms with van der Waals surface area (Å²) in [6.07, 6.45) is 7.48. The first kappa shape index (κ1) is 7.35. The summed E-state index contributed by atoms with van der Waals surface area (Å²) < 4.78 is 0. The summed E-state index contributed by atoms with van der Waals surface area (Å²) in [4.78, 5) is 2.50. The van der Waals surface area contributed by atoms with E-state index in [9.17, 15) is 0 Å². The Hall–Kier alpha value is -0.300. The first-order chi connectivity index (χ1) is 5.19. The van der Waals surface area contributed by atoms with Crippen molar-refractivity contribution in [3.05, 3.63) is 12.2 Å². The zero-order valence-electron chi connectivity index (χ0n) is 7.67. The van der Waals surface area contributed by atoms with Gasteiger partial charge in [0.1, 0.15) is 0 Å². The van der Waals surface area contributed by atoms with E-state index >= 15 is 0 Å². The number of hydrogen-bond donors (Lipinski definition) is 0. The monoisotopic (exact) mass is 151 g/mol. The molecule has 0 aromatic rings. The molecule has 1 nitrogen and oxygen atoms in total. The van der Waals surface area contributed by atoms with E-state index in [1.54, 1.807) is 0 Å². The molecule has 62 valence electrons. The van der Waals surface area contributed by atoms with Crippen LogP contribution in [0.3, 0.4) is 0 Å². The van der Waals surface area contributed by atoms with Crippen LogP contribution in [0.15, 0.2) is 12.2 Å². The third kappa shape index (κ3) is 0.750. The van der Waals surface area contributed by atoms with Gasteiger partial charge >= 0.3 is 0 Å². The van der Waals surface area contributed by atoms with E-state index < -0.39 is 0 Å². The Bertz CT molecular complexity index is 197. The first-order valence-electron chi connectivity index (χ1n) is 4.61. The van der Waals surface area contributed by atoms with E-state index in [0.717, 1.165) is 12.1 Å². The molecular formula is C10H17N. The van der Waals surface area contributed by atoms with Crippen molar-refractivity contribution in [2.75, 3.05) is 7.05 Å². The molecule has 0 radical (unpaired) electrons. The molecule has 0 unspecified atom stereocenters. The highest BCUT2D eigenvalue weighted by Gasteiger charge is 2.48. The maximum Gasteiger partial charge on any atom is 0.0287 e. The molecule has 3 atom stereocenters. The van der Waals surface area contributed by atoms with Gasteiger partial charge in [0.25, 0.3) is 0 Å². The summed E-state index contributed by atoms with van der Waals surface area (Å²) in [5.74, 6) is 0. The van der Waals surface area contributed by atoms with Crippen molar-refractivity contribution in [2.45, 2.75) is 38.8 Å². The number of fused-ring (bicyclic) bond motifs is 2. The van der Waals surface area contributed by atoms with E-state index in [0.29, 0.717) is 5.41 Å². The molecule has 1 heteroatoms. The molecular weight excluding hydrogens is 134 g/mol. The summed E-state index contributed by atoms with van der Waals surface area (Å²) in [5, 5.41) is 0. The zero-order valence-corrected chi connectivity index (χ0v) is 7.67. The average Bonchev–Trinajstić information content (AvgIpc) is 2.53. The lowest BCUT2D eigenvalue weighted by atomic mass is 9.80. The second-order valence-electron chi connectivity index (χ2n) is 4.06. The summed E-state index contributed by atoms with van der Waals surface area (Å²) in [6, 6.07) is 1.49. The van der Waals surface area contributed by atoms with Gasteiger partial charge in [0, 0.05) is 17.5 Å². The molecule has 2 aliphatic rings. The van der Waals surface area contributed by atoms with Crippen LogP contribution >= 0.6 is 0 Å². The largest absolute Gasteiger partial charge is 0.296 e. The minimum absolute atomic E-state index is 0.527. The van der Waals surface area contributed by atoms with Gasteiger partial charge < -0.3 is 0 Å². The first-order valence-corrected chi connectivity index (χ1v) is 4.61. The van der Waals surface area contributed by atoms with Crippen LogP contribution in [0.5, 0.6) is 0 Å². The van der Waals surface area contributed by atoms with Crippen molar-refractivity contribution in [1.82, 2.24) is 4.90 Å². The molecule has 1 fully saturated rings. The highest BCUT2D eigenvalue weighted by atomic mass is 15.2. The molecule has 0 amide bonds. The Morgan fingerprint density at radius 2 is 2.36 bits per heavy atom. The molecule has 0 N–H and O–H groups in total. The van der Waals surface area contributed by atoms with Crippen LogP contribution in [0.1, 0.15) is 26.7 Å². The van der Waals surface area contributed by atoms with E-state index in [4.69, 9.17) is 0 Å². The van der Waals surface area contributed by atoms with Gasteiger partial charge in [-0.2, -0.15) is 0 Å². The van der Waals surface area contributed by atoms with E-state index in [-0.39, 0.29) is 0 Å². The maximum absolute atomic E-state index is 2.50.